The molecular formula is C22H23FN6O3. The molecule has 0 aliphatic carbocycles. The van der Waals surface area contributed by atoms with Crippen LogP contribution < -0.4 is 20.5 Å². The SMILES string of the molecule is CNC(=O)c1ccc2c(n1)OC[C@H]1CN(Cc3ccc4nc(C)c(=O)[nH]c4c3F)CCN21. The first-order chi connectivity index (χ1) is 15.4. The predicted octanol–water partition coefficient (Wildman–Crippen LogP) is 1.21. The zero-order chi connectivity index (χ0) is 22.4. The van der Waals surface area contributed by atoms with Crippen molar-refractivity contribution >= 4 is 22.6 Å². The molecule has 0 unspecified atom stereocenters. The number of ether oxygens (including phenoxy) is 1. The van der Waals surface area contributed by atoms with E-state index in [4.69, 9.17) is 4.74 Å². The number of nitrogens with one attached hydrogen (secondary N) is 2. The number of aromatic amines is 1. The summed E-state index contributed by atoms with van der Waals surface area (Å²) in [7, 11) is 1.56. The van der Waals surface area contributed by atoms with Crippen molar-refractivity contribution in [2.45, 2.75) is 19.5 Å². The van der Waals surface area contributed by atoms with E-state index in [1.165, 1.54) is 0 Å². The van der Waals surface area contributed by atoms with E-state index in [0.717, 1.165) is 18.8 Å². The van der Waals surface area contributed by atoms with E-state index in [2.05, 4.69) is 30.1 Å². The molecule has 2 N–H and O–H groups in total. The molecule has 32 heavy (non-hydrogen) atoms. The summed E-state index contributed by atoms with van der Waals surface area (Å²) in [6.07, 6.45) is 0. The van der Waals surface area contributed by atoms with Gasteiger partial charge in [0.1, 0.15) is 29.2 Å². The van der Waals surface area contributed by atoms with Crippen LogP contribution in [0.3, 0.4) is 0 Å². The number of carbonyl (C=O) groups excluding carboxylic acids is 1. The summed E-state index contributed by atoms with van der Waals surface area (Å²) in [6, 6.07) is 7.12. The molecule has 0 spiro atoms. The lowest BCUT2D eigenvalue weighted by molar-refractivity contribution is 0.0956. The number of nitrogens with zero attached hydrogens (tertiary/aromatic N) is 4. The van der Waals surface area contributed by atoms with Crippen molar-refractivity contribution in [2.75, 3.05) is 38.2 Å². The number of rotatable bonds is 3. The summed E-state index contributed by atoms with van der Waals surface area (Å²) in [5.74, 6) is -0.235. The number of piperazine rings is 1. The van der Waals surface area contributed by atoms with Crippen LogP contribution in [0.5, 0.6) is 5.88 Å². The Morgan fingerprint density at radius 3 is 2.94 bits per heavy atom. The molecule has 1 amide bonds. The number of aryl methyl sites for hydroxylation is 1. The number of aromatic nitrogens is 3. The van der Waals surface area contributed by atoms with Gasteiger partial charge in [-0.1, -0.05) is 6.07 Å². The van der Waals surface area contributed by atoms with Crippen LogP contribution in [0.15, 0.2) is 29.1 Å². The maximum absolute atomic E-state index is 15.1. The lowest BCUT2D eigenvalue weighted by Gasteiger charge is -2.45. The molecule has 1 aromatic carbocycles. The highest BCUT2D eigenvalue weighted by Crippen LogP contribution is 2.34. The number of H-pyrrole nitrogens is 1. The fraction of sp³-hybridized carbons (Fsp3) is 0.364. The van der Waals surface area contributed by atoms with Gasteiger partial charge in [0.25, 0.3) is 11.5 Å². The molecular weight excluding hydrogens is 415 g/mol. The smallest absolute Gasteiger partial charge is 0.269 e. The van der Waals surface area contributed by atoms with Crippen LogP contribution in [0.1, 0.15) is 21.7 Å². The standard InChI is InChI=1S/C22H23FN6O3/c1-12-20(30)27-19-15(25-12)4-3-13(18(19)23)9-28-7-8-29-14(10-28)11-32-22-17(29)6-5-16(26-22)21(31)24-2/h3-6,14H,7-11H2,1-2H3,(H,24,31)(H,27,30)/t14-/m1/s1. The number of halogens is 1. The summed E-state index contributed by atoms with van der Waals surface area (Å²) < 4.78 is 20.9. The van der Waals surface area contributed by atoms with Crippen LogP contribution in [0.2, 0.25) is 0 Å². The second-order valence-corrected chi connectivity index (χ2v) is 8.08. The largest absolute Gasteiger partial charge is 0.474 e. The minimum atomic E-state index is -0.439. The van der Waals surface area contributed by atoms with E-state index >= 15 is 4.39 Å². The Morgan fingerprint density at radius 2 is 2.12 bits per heavy atom. The van der Waals surface area contributed by atoms with Gasteiger partial charge in [-0.25, -0.2) is 14.4 Å². The molecule has 10 heteroatoms. The first-order valence-electron chi connectivity index (χ1n) is 10.5. The normalized spacial score (nSPS) is 18.1. The summed E-state index contributed by atoms with van der Waals surface area (Å²) in [6.45, 7) is 4.61. The highest BCUT2D eigenvalue weighted by Gasteiger charge is 2.34. The van der Waals surface area contributed by atoms with Crippen molar-refractivity contribution in [1.29, 1.82) is 0 Å². The monoisotopic (exact) mass is 438 g/mol. The Morgan fingerprint density at radius 1 is 1.28 bits per heavy atom. The predicted molar refractivity (Wildman–Crippen MR) is 117 cm³/mol. The molecule has 166 valence electrons. The maximum atomic E-state index is 15.1. The molecule has 9 nitrogen and oxygen atoms in total. The van der Waals surface area contributed by atoms with Gasteiger partial charge in [-0.2, -0.15) is 0 Å². The van der Waals surface area contributed by atoms with E-state index in [1.807, 2.05) is 6.07 Å². The lowest BCUT2D eigenvalue weighted by Crippen LogP contribution is -2.57. The fourth-order valence-electron chi connectivity index (χ4n) is 4.33. The van der Waals surface area contributed by atoms with Crippen LogP contribution >= 0.6 is 0 Å². The number of carbonyl (C=O) groups is 1. The van der Waals surface area contributed by atoms with Gasteiger partial charge in [0, 0.05) is 38.8 Å². The average molecular weight is 438 g/mol. The van der Waals surface area contributed by atoms with E-state index < -0.39 is 5.82 Å². The number of anilines is 1. The zero-order valence-corrected chi connectivity index (χ0v) is 17.8. The van der Waals surface area contributed by atoms with Gasteiger partial charge in [0.15, 0.2) is 5.82 Å². The third kappa shape index (κ3) is 3.46. The van der Waals surface area contributed by atoms with Crippen LogP contribution in [-0.2, 0) is 6.54 Å². The lowest BCUT2D eigenvalue weighted by atomic mass is 10.1. The minimum Gasteiger partial charge on any atom is -0.474 e. The van der Waals surface area contributed by atoms with Gasteiger partial charge < -0.3 is 19.9 Å². The Labute approximate surface area is 183 Å². The van der Waals surface area contributed by atoms with E-state index in [1.54, 1.807) is 32.2 Å². The molecule has 1 saturated heterocycles. The molecule has 2 aliphatic heterocycles. The molecule has 1 atom stereocenters. The number of hydrogen-bond acceptors (Lipinski definition) is 7. The molecule has 0 bridgehead atoms. The van der Waals surface area contributed by atoms with Gasteiger partial charge in [-0.05, 0) is 25.1 Å². The highest BCUT2D eigenvalue weighted by atomic mass is 19.1. The third-order valence-corrected chi connectivity index (χ3v) is 6.04. The summed E-state index contributed by atoms with van der Waals surface area (Å²) in [4.78, 5) is 39.2. The molecule has 2 aliphatic rings. The van der Waals surface area contributed by atoms with Crippen molar-refractivity contribution < 1.29 is 13.9 Å². The molecule has 5 rings (SSSR count). The highest BCUT2D eigenvalue weighted by molar-refractivity contribution is 5.92. The Balaban J connectivity index is 1.34. The van der Waals surface area contributed by atoms with Gasteiger partial charge in [-0.15, -0.1) is 0 Å². The minimum absolute atomic E-state index is 0.0940. The topological polar surface area (TPSA) is 103 Å². The number of hydrogen-bond donors (Lipinski definition) is 2. The van der Waals surface area contributed by atoms with Gasteiger partial charge >= 0.3 is 0 Å². The quantitative estimate of drug-likeness (QED) is 0.634. The number of amides is 1. The third-order valence-electron chi connectivity index (χ3n) is 6.04. The van der Waals surface area contributed by atoms with Crippen molar-refractivity contribution in [3.05, 3.63) is 57.4 Å². The molecule has 0 saturated carbocycles. The first kappa shape index (κ1) is 20.4. The average Bonchev–Trinajstić information content (AvgIpc) is 2.81. The maximum Gasteiger partial charge on any atom is 0.269 e. The fourth-order valence-corrected chi connectivity index (χ4v) is 4.33. The van der Waals surface area contributed by atoms with Gasteiger partial charge in [0.2, 0.25) is 5.88 Å². The van der Waals surface area contributed by atoms with E-state index in [0.29, 0.717) is 48.0 Å². The molecule has 1 fully saturated rings. The first-order valence-corrected chi connectivity index (χ1v) is 10.5. The van der Waals surface area contributed by atoms with Gasteiger partial charge in [0.05, 0.1) is 11.6 Å². The molecule has 2 aromatic heterocycles. The number of benzene rings is 1. The summed E-state index contributed by atoms with van der Waals surface area (Å²) in [5, 5.41) is 2.56. The number of fused-ring (bicyclic) bond motifs is 4. The van der Waals surface area contributed by atoms with Gasteiger partial charge in [-0.3, -0.25) is 14.5 Å². The molecule has 4 heterocycles. The second-order valence-electron chi connectivity index (χ2n) is 8.08. The summed E-state index contributed by atoms with van der Waals surface area (Å²) >= 11 is 0. The van der Waals surface area contributed by atoms with Crippen LogP contribution in [0, 0.1) is 12.7 Å². The van der Waals surface area contributed by atoms with Crippen LogP contribution in [0.25, 0.3) is 11.0 Å². The van der Waals surface area contributed by atoms with Crippen molar-refractivity contribution in [3.63, 3.8) is 0 Å². The Bertz CT molecular complexity index is 1280. The Hall–Kier alpha value is -3.53. The number of pyridine rings is 1. The molecule has 3 aromatic rings. The summed E-state index contributed by atoms with van der Waals surface area (Å²) in [5.41, 5.74) is 2.21. The van der Waals surface area contributed by atoms with Crippen molar-refractivity contribution in [3.8, 4) is 5.88 Å². The van der Waals surface area contributed by atoms with Crippen LogP contribution in [0.4, 0.5) is 10.1 Å². The molecule has 0 radical (unpaired) electrons. The zero-order valence-electron chi connectivity index (χ0n) is 17.8. The van der Waals surface area contributed by atoms with E-state index in [-0.39, 0.29) is 23.0 Å². The van der Waals surface area contributed by atoms with E-state index in [9.17, 15) is 9.59 Å². The second kappa shape index (κ2) is 7.86. The van der Waals surface area contributed by atoms with Crippen LogP contribution in [-0.4, -0.2) is 65.1 Å². The Kier molecular flexibility index (Phi) is 5.01. The van der Waals surface area contributed by atoms with Crippen molar-refractivity contribution in [1.82, 2.24) is 25.2 Å². The van der Waals surface area contributed by atoms with Crippen molar-refractivity contribution in [2.24, 2.45) is 0 Å².